The molecule has 3 aromatic carbocycles. The van der Waals surface area contributed by atoms with Crippen molar-refractivity contribution in [1.82, 2.24) is 10.9 Å². The van der Waals surface area contributed by atoms with E-state index in [2.05, 4.69) is 16.2 Å². The van der Waals surface area contributed by atoms with E-state index < -0.39 is 0 Å². The van der Waals surface area contributed by atoms with Gasteiger partial charge >= 0.3 is 0 Å². The second kappa shape index (κ2) is 10.4. The monoisotopic (exact) mass is 421 g/mol. The molecule has 0 bridgehead atoms. The fourth-order valence-corrected chi connectivity index (χ4v) is 3.06. The number of amides is 1. The van der Waals surface area contributed by atoms with Gasteiger partial charge in [-0.2, -0.15) is 0 Å². The number of ether oxygens (including phenoxy) is 1. The van der Waals surface area contributed by atoms with Crippen LogP contribution in [0.1, 0.15) is 30.1 Å². The number of hydrogen-bond acceptors (Lipinski definition) is 4. The van der Waals surface area contributed by atoms with Gasteiger partial charge in [0, 0.05) is 24.1 Å². The third-order valence-corrected chi connectivity index (χ3v) is 4.59. The maximum Gasteiger partial charge on any atom is 0.238 e. The third kappa shape index (κ3) is 6.02. The Hall–Kier alpha value is -3.45. The van der Waals surface area contributed by atoms with Crippen molar-refractivity contribution in [3.05, 3.63) is 72.3 Å². The maximum atomic E-state index is 12.4. The molecule has 3 aromatic rings. The lowest BCUT2D eigenvalue weighted by atomic mass is 10.0. The predicted molar refractivity (Wildman–Crippen MR) is 123 cm³/mol. The van der Waals surface area contributed by atoms with E-state index in [9.17, 15) is 9.59 Å². The molecule has 0 heterocycles. The lowest BCUT2D eigenvalue weighted by molar-refractivity contribution is -0.121. The van der Waals surface area contributed by atoms with E-state index in [-0.39, 0.29) is 29.6 Å². The number of rotatable bonds is 7. The molecule has 1 amide bonds. The summed E-state index contributed by atoms with van der Waals surface area (Å²) in [6, 6.07) is 20.7. The quantitative estimate of drug-likeness (QED) is 0.301. The molecule has 0 aliphatic rings. The lowest BCUT2D eigenvalue weighted by Gasteiger charge is -2.12. The molecule has 0 spiro atoms. The molecule has 0 fully saturated rings. The summed E-state index contributed by atoms with van der Waals surface area (Å²) in [7, 11) is 0. The van der Waals surface area contributed by atoms with Crippen LogP contribution < -0.4 is 20.9 Å². The molecule has 0 aromatic heterocycles. The maximum absolute atomic E-state index is 12.4. The minimum Gasteiger partial charge on any atom is -0.494 e. The summed E-state index contributed by atoms with van der Waals surface area (Å²) in [5, 5.41) is 5.28. The summed E-state index contributed by atoms with van der Waals surface area (Å²) in [4.78, 5) is 24.4. The highest BCUT2D eigenvalue weighted by Crippen LogP contribution is 2.17. The molecule has 0 radical (unpaired) electrons. The van der Waals surface area contributed by atoms with E-state index in [1.165, 1.54) is 0 Å². The van der Waals surface area contributed by atoms with Gasteiger partial charge in [0.2, 0.25) is 5.91 Å². The molecule has 3 N–H and O–H groups in total. The largest absolute Gasteiger partial charge is 0.494 e. The number of hydrazine groups is 1. The molecule has 0 saturated carbocycles. The van der Waals surface area contributed by atoms with Gasteiger partial charge in [0.15, 0.2) is 10.9 Å². The first kappa shape index (κ1) is 21.3. The fraction of sp³-hybridized carbons (Fsp3) is 0.174. The molecule has 6 nitrogen and oxygen atoms in total. The first-order chi connectivity index (χ1) is 14.5. The summed E-state index contributed by atoms with van der Waals surface area (Å²) < 4.78 is 5.38. The number of hydrogen-bond donors (Lipinski definition) is 3. The summed E-state index contributed by atoms with van der Waals surface area (Å²) in [5.41, 5.74) is 6.50. The zero-order chi connectivity index (χ0) is 21.3. The van der Waals surface area contributed by atoms with E-state index in [1.54, 1.807) is 6.07 Å². The first-order valence-corrected chi connectivity index (χ1v) is 10.1. The van der Waals surface area contributed by atoms with Crippen LogP contribution in [0.5, 0.6) is 5.75 Å². The van der Waals surface area contributed by atoms with Crippen LogP contribution in [-0.2, 0) is 4.79 Å². The molecule has 0 unspecified atom stereocenters. The zero-order valence-corrected chi connectivity index (χ0v) is 17.4. The normalized spacial score (nSPS) is 10.3. The van der Waals surface area contributed by atoms with E-state index in [0.29, 0.717) is 12.2 Å². The SMILES string of the molecule is CCOc1ccc(NC(=S)NNC(=O)CCC(=O)c2ccc3ccccc3c2)cc1. The molecule has 7 heteroatoms. The molecule has 3 rings (SSSR count). The topological polar surface area (TPSA) is 79.5 Å². The number of benzene rings is 3. The van der Waals surface area contributed by atoms with Gasteiger partial charge in [-0.15, -0.1) is 0 Å². The molecule has 0 aliphatic heterocycles. The van der Waals surface area contributed by atoms with Crippen LogP contribution in [0.4, 0.5) is 5.69 Å². The van der Waals surface area contributed by atoms with Gasteiger partial charge in [0.05, 0.1) is 6.61 Å². The molecular formula is C23H23N3O3S. The highest BCUT2D eigenvalue weighted by molar-refractivity contribution is 7.80. The van der Waals surface area contributed by atoms with Crippen molar-refractivity contribution in [2.24, 2.45) is 0 Å². The van der Waals surface area contributed by atoms with E-state index >= 15 is 0 Å². The molecule has 0 aliphatic carbocycles. The Bertz CT molecular complexity index is 1050. The zero-order valence-electron chi connectivity index (χ0n) is 16.6. The smallest absolute Gasteiger partial charge is 0.238 e. The van der Waals surface area contributed by atoms with Crippen LogP contribution in [0.25, 0.3) is 10.8 Å². The van der Waals surface area contributed by atoms with Crippen molar-refractivity contribution in [1.29, 1.82) is 0 Å². The van der Waals surface area contributed by atoms with Gasteiger partial charge in [0.25, 0.3) is 0 Å². The van der Waals surface area contributed by atoms with E-state index in [4.69, 9.17) is 17.0 Å². The lowest BCUT2D eigenvalue weighted by Crippen LogP contribution is -2.43. The Morgan fingerprint density at radius 1 is 0.900 bits per heavy atom. The van der Waals surface area contributed by atoms with E-state index in [0.717, 1.165) is 22.2 Å². The van der Waals surface area contributed by atoms with Crippen LogP contribution in [0, 0.1) is 0 Å². The van der Waals surface area contributed by atoms with E-state index in [1.807, 2.05) is 67.6 Å². The van der Waals surface area contributed by atoms with Gasteiger partial charge in [-0.25, -0.2) is 0 Å². The Morgan fingerprint density at radius 3 is 2.37 bits per heavy atom. The van der Waals surface area contributed by atoms with Crippen molar-refractivity contribution >= 4 is 45.5 Å². The van der Waals surface area contributed by atoms with Gasteiger partial charge in [-0.3, -0.25) is 20.4 Å². The Balaban J connectivity index is 1.42. The standard InChI is InChI=1S/C23H23N3O3S/c1-2-29-20-11-9-19(10-12-20)24-23(30)26-25-22(28)14-13-21(27)18-8-7-16-5-3-4-6-17(16)15-18/h3-12,15H,2,13-14H2,1H3,(H,25,28)(H2,24,26,30). The minimum absolute atomic E-state index is 0.0598. The van der Waals surface area contributed by atoms with Crippen LogP contribution in [0.2, 0.25) is 0 Å². The summed E-state index contributed by atoms with van der Waals surface area (Å²) in [6.45, 7) is 2.52. The average Bonchev–Trinajstić information content (AvgIpc) is 2.77. The van der Waals surface area contributed by atoms with Crippen LogP contribution in [0.15, 0.2) is 66.7 Å². The summed E-state index contributed by atoms with van der Waals surface area (Å²) >= 11 is 5.16. The predicted octanol–water partition coefficient (Wildman–Crippen LogP) is 4.22. The Kier molecular flexibility index (Phi) is 7.34. The number of fused-ring (bicyclic) bond motifs is 1. The molecule has 0 atom stereocenters. The molecule has 0 saturated heterocycles. The highest BCUT2D eigenvalue weighted by Gasteiger charge is 2.10. The minimum atomic E-state index is -0.319. The summed E-state index contributed by atoms with van der Waals surface area (Å²) in [6.07, 6.45) is 0.176. The second-order valence-corrected chi connectivity index (χ2v) is 6.98. The molecule has 30 heavy (non-hydrogen) atoms. The van der Waals surface area contributed by atoms with Gasteiger partial charge in [-0.05, 0) is 60.2 Å². The highest BCUT2D eigenvalue weighted by atomic mass is 32.1. The van der Waals surface area contributed by atoms with Crippen LogP contribution >= 0.6 is 12.2 Å². The number of anilines is 1. The molecule has 154 valence electrons. The summed E-state index contributed by atoms with van der Waals surface area (Å²) in [5.74, 6) is 0.372. The van der Waals surface area contributed by atoms with Crippen LogP contribution in [-0.4, -0.2) is 23.4 Å². The van der Waals surface area contributed by atoms with Crippen molar-refractivity contribution in [3.63, 3.8) is 0 Å². The Labute approximate surface area is 180 Å². The second-order valence-electron chi connectivity index (χ2n) is 6.57. The van der Waals surface area contributed by atoms with Gasteiger partial charge in [0.1, 0.15) is 5.75 Å². The third-order valence-electron chi connectivity index (χ3n) is 4.39. The number of thiocarbonyl (C=S) groups is 1. The number of ketones is 1. The number of carbonyl (C=O) groups excluding carboxylic acids is 2. The van der Waals surface area contributed by atoms with Crippen molar-refractivity contribution in [3.8, 4) is 5.75 Å². The van der Waals surface area contributed by atoms with Gasteiger partial charge < -0.3 is 10.1 Å². The molecular weight excluding hydrogens is 398 g/mol. The van der Waals surface area contributed by atoms with Gasteiger partial charge in [-0.1, -0.05) is 36.4 Å². The van der Waals surface area contributed by atoms with Crippen molar-refractivity contribution in [2.45, 2.75) is 19.8 Å². The number of carbonyl (C=O) groups is 2. The van der Waals surface area contributed by atoms with Crippen molar-refractivity contribution < 1.29 is 14.3 Å². The Morgan fingerprint density at radius 2 is 1.63 bits per heavy atom. The van der Waals surface area contributed by atoms with Crippen LogP contribution in [0.3, 0.4) is 0 Å². The number of Topliss-reactive ketones (excluding diaryl/α,β-unsaturated/α-hetero) is 1. The average molecular weight is 422 g/mol. The fourth-order valence-electron chi connectivity index (χ4n) is 2.89. The first-order valence-electron chi connectivity index (χ1n) is 9.66. The van der Waals surface area contributed by atoms with Crippen molar-refractivity contribution in [2.75, 3.05) is 11.9 Å². The number of nitrogens with one attached hydrogen (secondary N) is 3.